The van der Waals surface area contributed by atoms with Crippen LogP contribution in [0.25, 0.3) is 10.9 Å². The summed E-state index contributed by atoms with van der Waals surface area (Å²) in [7, 11) is -3.74. The number of urea groups is 1. The van der Waals surface area contributed by atoms with Gasteiger partial charge in [-0.25, -0.2) is 17.2 Å². The number of hydrogen-bond donors (Lipinski definition) is 2. The lowest BCUT2D eigenvalue weighted by Gasteiger charge is -2.21. The van der Waals surface area contributed by atoms with Crippen molar-refractivity contribution in [3.8, 4) is 0 Å². The Morgan fingerprint density at radius 2 is 1.70 bits per heavy atom. The van der Waals surface area contributed by atoms with Crippen molar-refractivity contribution in [1.82, 2.24) is 14.6 Å². The number of aromatic nitrogens is 1. The van der Waals surface area contributed by atoms with Gasteiger partial charge in [0, 0.05) is 11.6 Å². The zero-order chi connectivity index (χ0) is 19.4. The van der Waals surface area contributed by atoms with Crippen LogP contribution in [0.1, 0.15) is 18.1 Å². The molecule has 3 aromatic rings. The molecular weight excluding hydrogens is 366 g/mol. The standard InChI is InChI=1S/C19H17N3O4S/c1-12-3-6-15(7-4-12)27(25,26)22-10-9-13-11-14(5-8-16(13)22)19(2)17(23)20-18(24)21-19/h3-11H,1-2H3,(H2,20,21,23,24). The molecule has 1 aromatic heterocycles. The molecule has 1 saturated heterocycles. The number of nitrogens with one attached hydrogen (secondary N) is 2. The van der Waals surface area contributed by atoms with Crippen LogP contribution in [0.4, 0.5) is 4.79 Å². The van der Waals surface area contributed by atoms with Crippen molar-refractivity contribution in [1.29, 1.82) is 0 Å². The molecule has 0 radical (unpaired) electrons. The van der Waals surface area contributed by atoms with Crippen LogP contribution in [0.15, 0.2) is 59.6 Å². The molecule has 27 heavy (non-hydrogen) atoms. The van der Waals surface area contributed by atoms with Gasteiger partial charge in [0.15, 0.2) is 0 Å². The van der Waals surface area contributed by atoms with Crippen molar-refractivity contribution in [2.24, 2.45) is 0 Å². The van der Waals surface area contributed by atoms with E-state index in [9.17, 15) is 18.0 Å². The topological polar surface area (TPSA) is 97.3 Å². The fraction of sp³-hybridized carbons (Fsp3) is 0.158. The van der Waals surface area contributed by atoms with E-state index < -0.39 is 27.5 Å². The summed E-state index contributed by atoms with van der Waals surface area (Å²) < 4.78 is 27.1. The van der Waals surface area contributed by atoms with Gasteiger partial charge in [0.25, 0.3) is 15.9 Å². The van der Waals surface area contributed by atoms with Gasteiger partial charge in [-0.1, -0.05) is 23.8 Å². The molecule has 1 unspecified atom stereocenters. The van der Waals surface area contributed by atoms with Crippen molar-refractivity contribution in [2.45, 2.75) is 24.3 Å². The molecule has 4 rings (SSSR count). The van der Waals surface area contributed by atoms with Crippen LogP contribution < -0.4 is 10.6 Å². The van der Waals surface area contributed by atoms with Gasteiger partial charge in [0.1, 0.15) is 5.54 Å². The van der Waals surface area contributed by atoms with Gasteiger partial charge < -0.3 is 5.32 Å². The molecule has 1 aliphatic heterocycles. The lowest BCUT2D eigenvalue weighted by Crippen LogP contribution is -2.40. The summed E-state index contributed by atoms with van der Waals surface area (Å²) in [6.45, 7) is 3.50. The summed E-state index contributed by atoms with van der Waals surface area (Å²) in [5, 5.41) is 5.48. The maximum atomic E-state index is 13.0. The van der Waals surface area contributed by atoms with E-state index in [0.29, 0.717) is 16.5 Å². The van der Waals surface area contributed by atoms with E-state index in [1.54, 1.807) is 55.5 Å². The summed E-state index contributed by atoms with van der Waals surface area (Å²) in [6.07, 6.45) is 1.49. The first-order chi connectivity index (χ1) is 12.7. The Morgan fingerprint density at radius 3 is 2.33 bits per heavy atom. The fourth-order valence-corrected chi connectivity index (χ4v) is 4.56. The normalized spacial score (nSPS) is 19.9. The Kier molecular flexibility index (Phi) is 3.64. The Morgan fingerprint density at radius 1 is 1.00 bits per heavy atom. The number of hydrogen-bond acceptors (Lipinski definition) is 4. The van der Waals surface area contributed by atoms with Crippen LogP contribution in [-0.4, -0.2) is 24.3 Å². The fourth-order valence-electron chi connectivity index (χ4n) is 3.21. The molecule has 1 atom stereocenters. The van der Waals surface area contributed by atoms with E-state index >= 15 is 0 Å². The molecule has 1 aliphatic rings. The minimum absolute atomic E-state index is 0.198. The van der Waals surface area contributed by atoms with Crippen LogP contribution in [0.3, 0.4) is 0 Å². The highest BCUT2D eigenvalue weighted by Crippen LogP contribution is 2.29. The summed E-state index contributed by atoms with van der Waals surface area (Å²) >= 11 is 0. The van der Waals surface area contributed by atoms with Crippen LogP contribution in [0.5, 0.6) is 0 Å². The van der Waals surface area contributed by atoms with E-state index in [-0.39, 0.29) is 4.90 Å². The maximum absolute atomic E-state index is 13.0. The van der Waals surface area contributed by atoms with Crippen molar-refractivity contribution >= 4 is 32.9 Å². The third-order valence-corrected chi connectivity index (χ3v) is 6.56. The SMILES string of the molecule is Cc1ccc(S(=O)(=O)n2ccc3cc(C4(C)NC(=O)NC4=O)ccc32)cc1. The number of imide groups is 1. The van der Waals surface area contributed by atoms with Crippen molar-refractivity contribution < 1.29 is 18.0 Å². The molecule has 138 valence electrons. The van der Waals surface area contributed by atoms with E-state index in [2.05, 4.69) is 10.6 Å². The molecule has 0 bridgehead atoms. The monoisotopic (exact) mass is 383 g/mol. The molecule has 0 spiro atoms. The Hall–Kier alpha value is -3.13. The first-order valence-electron chi connectivity index (χ1n) is 8.29. The molecule has 0 aliphatic carbocycles. The Labute approximate surface area is 156 Å². The van der Waals surface area contributed by atoms with Crippen molar-refractivity contribution in [3.63, 3.8) is 0 Å². The van der Waals surface area contributed by atoms with Gasteiger partial charge in [-0.3, -0.25) is 10.1 Å². The second kappa shape index (κ2) is 5.68. The zero-order valence-electron chi connectivity index (χ0n) is 14.7. The number of fused-ring (bicyclic) bond motifs is 1. The zero-order valence-corrected chi connectivity index (χ0v) is 15.5. The summed E-state index contributed by atoms with van der Waals surface area (Å²) in [6, 6.07) is 12.8. The Bertz CT molecular complexity index is 1200. The van der Waals surface area contributed by atoms with Crippen molar-refractivity contribution in [2.75, 3.05) is 0 Å². The minimum Gasteiger partial charge on any atom is -0.320 e. The predicted molar refractivity (Wildman–Crippen MR) is 99.7 cm³/mol. The van der Waals surface area contributed by atoms with E-state index in [1.807, 2.05) is 6.92 Å². The molecule has 7 nitrogen and oxygen atoms in total. The lowest BCUT2D eigenvalue weighted by atomic mass is 9.91. The van der Waals surface area contributed by atoms with Crippen LogP contribution in [-0.2, 0) is 20.4 Å². The minimum atomic E-state index is -3.74. The van der Waals surface area contributed by atoms with Crippen LogP contribution >= 0.6 is 0 Å². The van der Waals surface area contributed by atoms with Gasteiger partial charge in [-0.15, -0.1) is 0 Å². The van der Waals surface area contributed by atoms with E-state index in [0.717, 1.165) is 5.56 Å². The highest BCUT2D eigenvalue weighted by molar-refractivity contribution is 7.90. The smallest absolute Gasteiger partial charge is 0.320 e. The molecule has 8 heteroatoms. The summed E-state index contributed by atoms with van der Waals surface area (Å²) in [5.41, 5.74) is 0.848. The first kappa shape index (κ1) is 17.3. The molecule has 1 fully saturated rings. The number of carbonyl (C=O) groups is 2. The number of carbonyl (C=O) groups excluding carboxylic acids is 2. The van der Waals surface area contributed by atoms with E-state index in [4.69, 9.17) is 0 Å². The van der Waals surface area contributed by atoms with Crippen molar-refractivity contribution in [3.05, 3.63) is 65.9 Å². The van der Waals surface area contributed by atoms with Gasteiger partial charge in [-0.05, 0) is 49.7 Å². The molecule has 2 aromatic carbocycles. The van der Waals surface area contributed by atoms with Crippen LogP contribution in [0.2, 0.25) is 0 Å². The quantitative estimate of drug-likeness (QED) is 0.678. The van der Waals surface area contributed by atoms with Crippen LogP contribution in [0, 0.1) is 6.92 Å². The van der Waals surface area contributed by atoms with Gasteiger partial charge in [0.05, 0.1) is 10.4 Å². The van der Waals surface area contributed by atoms with Gasteiger partial charge in [-0.2, -0.15) is 0 Å². The summed E-state index contributed by atoms with van der Waals surface area (Å²) in [4.78, 5) is 23.8. The molecule has 0 saturated carbocycles. The van der Waals surface area contributed by atoms with E-state index in [1.165, 1.54) is 10.2 Å². The number of benzene rings is 2. The highest BCUT2D eigenvalue weighted by Gasteiger charge is 2.43. The molecule has 3 amide bonds. The Balaban J connectivity index is 1.81. The highest BCUT2D eigenvalue weighted by atomic mass is 32.2. The lowest BCUT2D eigenvalue weighted by molar-refractivity contribution is -0.123. The third-order valence-electron chi connectivity index (χ3n) is 4.85. The summed E-state index contributed by atoms with van der Waals surface area (Å²) in [5.74, 6) is -0.446. The second-order valence-corrected chi connectivity index (χ2v) is 8.55. The average molecular weight is 383 g/mol. The second-order valence-electron chi connectivity index (χ2n) is 6.74. The average Bonchev–Trinajstić information content (AvgIpc) is 3.16. The third kappa shape index (κ3) is 2.60. The van der Waals surface area contributed by atoms with Gasteiger partial charge in [0.2, 0.25) is 0 Å². The molecule has 2 N–H and O–H groups in total. The molecule has 2 heterocycles. The number of rotatable bonds is 3. The van der Waals surface area contributed by atoms with Gasteiger partial charge >= 0.3 is 6.03 Å². The predicted octanol–water partition coefficient (Wildman–Crippen LogP) is 2.24. The largest absolute Gasteiger partial charge is 0.322 e. The first-order valence-corrected chi connectivity index (χ1v) is 9.73. The maximum Gasteiger partial charge on any atom is 0.322 e. The number of nitrogens with zero attached hydrogens (tertiary/aromatic N) is 1. The molecular formula is C19H17N3O4S. The number of aryl methyl sites for hydroxylation is 1. The number of amides is 3.